The quantitative estimate of drug-likeness (QED) is 0.549. The van der Waals surface area contributed by atoms with Gasteiger partial charge in [-0.1, -0.05) is 60.7 Å². The summed E-state index contributed by atoms with van der Waals surface area (Å²) >= 11 is 1.42. The third kappa shape index (κ3) is 5.99. The second kappa shape index (κ2) is 10.8. The Morgan fingerprint density at radius 3 is 2.10 bits per heavy atom. The summed E-state index contributed by atoms with van der Waals surface area (Å²) in [7, 11) is 1.58. The first-order chi connectivity index (χ1) is 15.0. The lowest BCUT2D eigenvalue weighted by Gasteiger charge is -2.27. The first-order valence-corrected chi connectivity index (χ1v) is 10.9. The van der Waals surface area contributed by atoms with Gasteiger partial charge >= 0.3 is 0 Å². The maximum Gasteiger partial charge on any atom is 0.245 e. The van der Waals surface area contributed by atoms with Gasteiger partial charge in [0.2, 0.25) is 11.8 Å². The highest BCUT2D eigenvalue weighted by Crippen LogP contribution is 2.27. The molecule has 7 heteroatoms. The van der Waals surface area contributed by atoms with Crippen molar-refractivity contribution in [1.82, 2.24) is 9.88 Å². The largest absolute Gasteiger partial charge is 0.383 e. The molecule has 0 bridgehead atoms. The summed E-state index contributed by atoms with van der Waals surface area (Å²) in [5, 5.41) is 3.36. The number of ether oxygens (including phenoxy) is 1. The van der Waals surface area contributed by atoms with Gasteiger partial charge < -0.3 is 15.0 Å². The molecule has 1 N–H and O–H groups in total. The average Bonchev–Trinajstić information content (AvgIpc) is 3.09. The molecule has 2 aromatic carbocycles. The highest BCUT2D eigenvalue weighted by atomic mass is 32.1. The predicted octanol–water partition coefficient (Wildman–Crippen LogP) is 4.01. The number of nitrogens with zero attached hydrogens (tertiary/aromatic N) is 2. The molecule has 1 aromatic heterocycles. The molecule has 0 atom stereocenters. The van der Waals surface area contributed by atoms with Gasteiger partial charge in [-0.2, -0.15) is 0 Å². The molecular weight excluding hydrogens is 410 g/mol. The van der Waals surface area contributed by atoms with Gasteiger partial charge in [0.05, 0.1) is 18.2 Å². The van der Waals surface area contributed by atoms with E-state index in [2.05, 4.69) is 10.3 Å². The standard InChI is InChI=1S/C24H27N3O3S/c1-17-18(2)31-24(25-17)26-21(28)16-27(14-15-30-3)23(29)22(19-10-6-4-7-11-19)20-12-8-5-9-13-20/h4-13,22H,14-16H2,1-3H3,(H,25,26,28). The molecule has 3 aromatic rings. The molecule has 0 aliphatic heterocycles. The minimum atomic E-state index is -0.503. The number of rotatable bonds is 9. The molecule has 6 nitrogen and oxygen atoms in total. The van der Waals surface area contributed by atoms with E-state index in [0.717, 1.165) is 21.7 Å². The number of hydrogen-bond acceptors (Lipinski definition) is 5. The zero-order valence-corrected chi connectivity index (χ0v) is 18.8. The Morgan fingerprint density at radius 2 is 1.61 bits per heavy atom. The second-order valence-corrected chi connectivity index (χ2v) is 8.42. The highest BCUT2D eigenvalue weighted by Gasteiger charge is 2.28. The van der Waals surface area contributed by atoms with Gasteiger partial charge in [0.25, 0.3) is 0 Å². The molecule has 0 spiro atoms. The van der Waals surface area contributed by atoms with E-state index >= 15 is 0 Å². The van der Waals surface area contributed by atoms with Crippen LogP contribution in [0.15, 0.2) is 60.7 Å². The lowest BCUT2D eigenvalue weighted by Crippen LogP contribution is -2.42. The number of aromatic nitrogens is 1. The first kappa shape index (κ1) is 22.7. The summed E-state index contributed by atoms with van der Waals surface area (Å²) in [6.45, 7) is 4.44. The fourth-order valence-corrected chi connectivity index (χ4v) is 4.11. The van der Waals surface area contributed by atoms with Gasteiger partial charge in [0, 0.05) is 18.5 Å². The zero-order chi connectivity index (χ0) is 22.2. The maximum absolute atomic E-state index is 13.7. The van der Waals surface area contributed by atoms with Crippen LogP contribution in [0, 0.1) is 13.8 Å². The number of nitrogens with one attached hydrogen (secondary N) is 1. The molecule has 1 heterocycles. The van der Waals surface area contributed by atoms with Gasteiger partial charge in [0.15, 0.2) is 5.13 Å². The van der Waals surface area contributed by atoms with Crippen molar-refractivity contribution in [2.24, 2.45) is 0 Å². The molecule has 0 radical (unpaired) electrons. The van der Waals surface area contributed by atoms with E-state index in [0.29, 0.717) is 18.3 Å². The molecule has 3 rings (SSSR count). The Bertz CT molecular complexity index is 946. The van der Waals surface area contributed by atoms with E-state index in [4.69, 9.17) is 4.74 Å². The van der Waals surface area contributed by atoms with Gasteiger partial charge in [-0.05, 0) is 25.0 Å². The summed E-state index contributed by atoms with van der Waals surface area (Å²) in [6.07, 6.45) is 0. The molecule has 31 heavy (non-hydrogen) atoms. The normalized spacial score (nSPS) is 10.8. The number of carbonyl (C=O) groups is 2. The van der Waals surface area contributed by atoms with Gasteiger partial charge in [0.1, 0.15) is 6.54 Å². The maximum atomic E-state index is 13.7. The van der Waals surface area contributed by atoms with Crippen molar-refractivity contribution in [2.75, 3.05) is 32.1 Å². The van der Waals surface area contributed by atoms with Gasteiger partial charge in [-0.3, -0.25) is 9.59 Å². The molecular formula is C24H27N3O3S. The molecule has 2 amide bonds. The molecule has 0 aliphatic rings. The van der Waals surface area contributed by atoms with Crippen molar-refractivity contribution in [3.05, 3.63) is 82.4 Å². The topological polar surface area (TPSA) is 71.5 Å². The van der Waals surface area contributed by atoms with E-state index in [1.165, 1.54) is 11.3 Å². The van der Waals surface area contributed by atoms with Crippen LogP contribution in [0.1, 0.15) is 27.6 Å². The summed E-state index contributed by atoms with van der Waals surface area (Å²) < 4.78 is 5.20. The van der Waals surface area contributed by atoms with Crippen LogP contribution >= 0.6 is 11.3 Å². The lowest BCUT2D eigenvalue weighted by molar-refractivity contribution is -0.135. The Hall–Kier alpha value is -3.03. The Morgan fingerprint density at radius 1 is 1.03 bits per heavy atom. The number of thiazole rings is 1. The first-order valence-electron chi connectivity index (χ1n) is 10.1. The molecule has 0 fully saturated rings. The molecule has 0 aliphatic carbocycles. The van der Waals surface area contributed by atoms with Crippen LogP contribution in [0.25, 0.3) is 0 Å². The second-order valence-electron chi connectivity index (χ2n) is 7.22. The summed E-state index contributed by atoms with van der Waals surface area (Å²) in [5.74, 6) is -0.925. The minimum absolute atomic E-state index is 0.0734. The van der Waals surface area contributed by atoms with E-state index < -0.39 is 5.92 Å². The highest BCUT2D eigenvalue weighted by molar-refractivity contribution is 7.15. The number of hydrogen-bond donors (Lipinski definition) is 1. The zero-order valence-electron chi connectivity index (χ0n) is 18.0. The summed E-state index contributed by atoms with van der Waals surface area (Å²) in [4.78, 5) is 33.4. The van der Waals surface area contributed by atoms with Gasteiger partial charge in [-0.25, -0.2) is 4.98 Å². The summed E-state index contributed by atoms with van der Waals surface area (Å²) in [6, 6.07) is 19.2. The van der Waals surface area contributed by atoms with E-state index in [-0.39, 0.29) is 18.4 Å². The number of amides is 2. The molecule has 0 saturated heterocycles. The van der Waals surface area contributed by atoms with Crippen molar-refractivity contribution >= 4 is 28.3 Å². The van der Waals surface area contributed by atoms with Crippen molar-refractivity contribution in [3.8, 4) is 0 Å². The number of aryl methyl sites for hydroxylation is 2. The van der Waals surface area contributed by atoms with Crippen LogP contribution in [-0.4, -0.2) is 48.5 Å². The average molecular weight is 438 g/mol. The number of benzene rings is 2. The van der Waals surface area contributed by atoms with Crippen LogP contribution in [0.4, 0.5) is 5.13 Å². The summed E-state index contributed by atoms with van der Waals surface area (Å²) in [5.41, 5.74) is 2.65. The third-order valence-corrected chi connectivity index (χ3v) is 5.99. The monoisotopic (exact) mass is 437 g/mol. The van der Waals surface area contributed by atoms with Crippen LogP contribution in [0.3, 0.4) is 0 Å². The smallest absolute Gasteiger partial charge is 0.245 e. The van der Waals surface area contributed by atoms with Gasteiger partial charge in [-0.15, -0.1) is 11.3 Å². The third-order valence-electron chi connectivity index (χ3n) is 5.00. The Labute approximate surface area is 186 Å². The molecule has 0 unspecified atom stereocenters. The van der Waals surface area contributed by atoms with E-state index in [9.17, 15) is 9.59 Å². The number of anilines is 1. The van der Waals surface area contributed by atoms with E-state index in [1.54, 1.807) is 12.0 Å². The fourth-order valence-electron chi connectivity index (χ4n) is 3.28. The number of methoxy groups -OCH3 is 1. The van der Waals surface area contributed by atoms with Crippen LogP contribution in [0.5, 0.6) is 0 Å². The van der Waals surface area contributed by atoms with Crippen molar-refractivity contribution in [3.63, 3.8) is 0 Å². The van der Waals surface area contributed by atoms with Crippen LogP contribution in [-0.2, 0) is 14.3 Å². The Kier molecular flexibility index (Phi) is 7.92. The number of carbonyl (C=O) groups excluding carboxylic acids is 2. The van der Waals surface area contributed by atoms with Crippen molar-refractivity contribution < 1.29 is 14.3 Å². The Balaban J connectivity index is 1.84. The minimum Gasteiger partial charge on any atom is -0.383 e. The fraction of sp³-hybridized carbons (Fsp3) is 0.292. The van der Waals surface area contributed by atoms with Crippen molar-refractivity contribution in [2.45, 2.75) is 19.8 Å². The predicted molar refractivity (Wildman–Crippen MR) is 123 cm³/mol. The van der Waals surface area contributed by atoms with E-state index in [1.807, 2.05) is 74.5 Å². The lowest BCUT2D eigenvalue weighted by atomic mass is 9.90. The molecule has 0 saturated carbocycles. The SMILES string of the molecule is COCCN(CC(=O)Nc1nc(C)c(C)s1)C(=O)C(c1ccccc1)c1ccccc1. The van der Waals surface area contributed by atoms with Crippen LogP contribution < -0.4 is 5.32 Å². The molecule has 162 valence electrons. The van der Waals surface area contributed by atoms with Crippen molar-refractivity contribution in [1.29, 1.82) is 0 Å². The van der Waals surface area contributed by atoms with Crippen LogP contribution in [0.2, 0.25) is 0 Å².